The van der Waals surface area contributed by atoms with E-state index in [1.165, 1.54) is 6.07 Å². The molecular weight excluding hydrogens is 503 g/mol. The van der Waals surface area contributed by atoms with Gasteiger partial charge in [-0.3, -0.25) is 14.2 Å². The van der Waals surface area contributed by atoms with E-state index >= 15 is 4.39 Å². The van der Waals surface area contributed by atoms with Crippen LogP contribution in [0, 0.1) is 5.82 Å². The zero-order chi connectivity index (χ0) is 27.2. The molecule has 1 heterocycles. The number of hydrogen-bond acceptors (Lipinski definition) is 4. The minimum absolute atomic E-state index is 0.0703. The lowest BCUT2D eigenvalue weighted by molar-refractivity contribution is -0.00629. The van der Waals surface area contributed by atoms with Crippen LogP contribution < -0.4 is 14.4 Å². The normalized spacial score (nSPS) is 17.6. The molecule has 1 aliphatic carbocycles. The predicted molar refractivity (Wildman–Crippen MR) is 147 cm³/mol. The standard InChI is InChI=1S/C32H34F3NO3/c1-2-37-25-11-14-29(31(34)20-25)30-6-3-5-23-19-26(39-35)12-13-28(23)32(30)22-7-9-24(10-8-22)38-27-15-18-36(21-27)17-4-16-33/h7-14,19-20,27H,2-6,15-18,21H2,1H3. The van der Waals surface area contributed by atoms with Crippen molar-refractivity contribution < 1.29 is 27.7 Å². The second kappa shape index (κ2) is 12.6. The Labute approximate surface area is 227 Å². The number of likely N-dealkylation sites (tertiary alicyclic amines) is 1. The lowest BCUT2D eigenvalue weighted by Gasteiger charge is -2.19. The average molecular weight is 538 g/mol. The van der Waals surface area contributed by atoms with Gasteiger partial charge in [-0.25, -0.2) is 4.39 Å². The zero-order valence-electron chi connectivity index (χ0n) is 22.2. The number of hydrogen-bond donors (Lipinski definition) is 0. The van der Waals surface area contributed by atoms with E-state index in [9.17, 15) is 8.92 Å². The molecule has 1 fully saturated rings. The van der Waals surface area contributed by atoms with E-state index in [1.807, 2.05) is 37.3 Å². The molecule has 3 aromatic carbocycles. The number of fused-ring (bicyclic) bond motifs is 1. The Morgan fingerprint density at radius 3 is 2.44 bits per heavy atom. The predicted octanol–water partition coefficient (Wildman–Crippen LogP) is 7.60. The molecule has 5 rings (SSSR count). The Kier molecular flexibility index (Phi) is 8.77. The van der Waals surface area contributed by atoms with Crippen molar-refractivity contribution in [2.75, 3.05) is 32.9 Å². The molecule has 0 spiro atoms. The number of nitrogens with zero attached hydrogens (tertiary/aromatic N) is 1. The second-order valence-electron chi connectivity index (χ2n) is 10.1. The molecule has 0 amide bonds. The molecule has 39 heavy (non-hydrogen) atoms. The van der Waals surface area contributed by atoms with Gasteiger partial charge in [0.1, 0.15) is 23.4 Å². The fourth-order valence-electron chi connectivity index (χ4n) is 5.68. The first-order valence-electron chi connectivity index (χ1n) is 13.7. The second-order valence-corrected chi connectivity index (χ2v) is 10.1. The summed E-state index contributed by atoms with van der Waals surface area (Å²) in [5, 5.41) is 0. The molecule has 0 N–H and O–H groups in total. The number of halogens is 3. The number of allylic oxidation sites excluding steroid dienone is 1. The van der Waals surface area contributed by atoms with Gasteiger partial charge in [0.2, 0.25) is 0 Å². The first-order chi connectivity index (χ1) is 19.1. The summed E-state index contributed by atoms with van der Waals surface area (Å²) >= 11 is 0. The van der Waals surface area contributed by atoms with Crippen molar-refractivity contribution >= 4 is 11.1 Å². The molecule has 1 atom stereocenters. The van der Waals surface area contributed by atoms with Crippen LogP contribution in [-0.2, 0) is 6.42 Å². The summed E-state index contributed by atoms with van der Waals surface area (Å²) in [6.45, 7) is 4.49. The minimum Gasteiger partial charge on any atom is -0.494 e. The van der Waals surface area contributed by atoms with Crippen LogP contribution in [0.15, 0.2) is 60.7 Å². The van der Waals surface area contributed by atoms with Crippen LogP contribution >= 0.6 is 0 Å². The van der Waals surface area contributed by atoms with E-state index in [0.29, 0.717) is 30.8 Å². The van der Waals surface area contributed by atoms with Crippen LogP contribution in [0.3, 0.4) is 0 Å². The van der Waals surface area contributed by atoms with E-state index in [0.717, 1.165) is 72.5 Å². The molecule has 1 unspecified atom stereocenters. The summed E-state index contributed by atoms with van der Waals surface area (Å²) in [7, 11) is 0. The summed E-state index contributed by atoms with van der Waals surface area (Å²) in [6.07, 6.45) is 3.70. The average Bonchev–Trinajstić information content (AvgIpc) is 3.31. The van der Waals surface area contributed by atoms with Crippen molar-refractivity contribution in [1.29, 1.82) is 0 Å². The fraction of sp³-hybridized carbons (Fsp3) is 0.375. The smallest absolute Gasteiger partial charge is 0.172 e. The fourth-order valence-corrected chi connectivity index (χ4v) is 5.68. The van der Waals surface area contributed by atoms with Crippen molar-refractivity contribution in [3.8, 4) is 17.2 Å². The van der Waals surface area contributed by atoms with Crippen LogP contribution in [0.25, 0.3) is 11.1 Å². The third kappa shape index (κ3) is 6.25. The van der Waals surface area contributed by atoms with Gasteiger partial charge >= 0.3 is 0 Å². The summed E-state index contributed by atoms with van der Waals surface area (Å²) in [4.78, 5) is 6.24. The van der Waals surface area contributed by atoms with Crippen molar-refractivity contribution in [2.24, 2.45) is 0 Å². The van der Waals surface area contributed by atoms with Gasteiger partial charge in [0.15, 0.2) is 5.75 Å². The minimum atomic E-state index is -0.334. The number of aryl methyl sites for hydroxylation is 1. The molecule has 1 aliphatic heterocycles. The number of alkyl halides is 1. The van der Waals surface area contributed by atoms with Gasteiger partial charge in [0, 0.05) is 35.8 Å². The van der Waals surface area contributed by atoms with Crippen molar-refractivity contribution in [2.45, 2.75) is 45.1 Å². The Morgan fingerprint density at radius 1 is 0.923 bits per heavy atom. The Morgan fingerprint density at radius 2 is 1.69 bits per heavy atom. The van der Waals surface area contributed by atoms with Gasteiger partial charge in [-0.05, 0) is 103 Å². The van der Waals surface area contributed by atoms with Crippen molar-refractivity contribution in [3.05, 3.63) is 88.7 Å². The van der Waals surface area contributed by atoms with Crippen LogP contribution in [0.5, 0.6) is 17.2 Å². The van der Waals surface area contributed by atoms with Gasteiger partial charge in [-0.1, -0.05) is 18.2 Å². The van der Waals surface area contributed by atoms with Crippen LogP contribution in [0.2, 0.25) is 0 Å². The van der Waals surface area contributed by atoms with Gasteiger partial charge < -0.3 is 9.47 Å². The largest absolute Gasteiger partial charge is 0.494 e. The highest BCUT2D eigenvalue weighted by atomic mass is 19.3. The highest BCUT2D eigenvalue weighted by Gasteiger charge is 2.25. The zero-order valence-corrected chi connectivity index (χ0v) is 22.2. The summed E-state index contributed by atoms with van der Waals surface area (Å²) in [5.41, 5.74) is 5.17. The maximum Gasteiger partial charge on any atom is 0.172 e. The molecule has 0 bridgehead atoms. The molecule has 0 aromatic heterocycles. The molecule has 4 nitrogen and oxygen atoms in total. The van der Waals surface area contributed by atoms with Crippen LogP contribution in [0.4, 0.5) is 13.3 Å². The van der Waals surface area contributed by atoms with Gasteiger partial charge in [0.25, 0.3) is 0 Å². The third-order valence-electron chi connectivity index (χ3n) is 7.47. The van der Waals surface area contributed by atoms with Crippen molar-refractivity contribution in [1.82, 2.24) is 4.90 Å². The quantitative estimate of drug-likeness (QED) is 0.267. The van der Waals surface area contributed by atoms with E-state index in [1.54, 1.807) is 24.3 Å². The molecule has 7 heteroatoms. The molecule has 0 radical (unpaired) electrons. The third-order valence-corrected chi connectivity index (χ3v) is 7.47. The van der Waals surface area contributed by atoms with Gasteiger partial charge in [-0.2, -0.15) is 0 Å². The maximum atomic E-state index is 15.4. The van der Waals surface area contributed by atoms with E-state index in [-0.39, 0.29) is 24.3 Å². The number of ether oxygens (including phenoxy) is 2. The molecule has 2 aliphatic rings. The number of benzene rings is 3. The molecular formula is C32H34F3NO3. The van der Waals surface area contributed by atoms with E-state index in [2.05, 4.69) is 9.84 Å². The molecule has 3 aromatic rings. The SMILES string of the molecule is CCOc1ccc(C2=C(c3ccc(OC4CCN(CCCF)C4)cc3)c3ccc(OF)cc3CCC2)c(F)c1. The molecule has 1 saturated heterocycles. The van der Waals surface area contributed by atoms with Gasteiger partial charge in [0.05, 0.1) is 13.3 Å². The van der Waals surface area contributed by atoms with Crippen molar-refractivity contribution in [3.63, 3.8) is 0 Å². The Balaban J connectivity index is 1.50. The van der Waals surface area contributed by atoms with Crippen LogP contribution in [0.1, 0.15) is 54.9 Å². The summed E-state index contributed by atoms with van der Waals surface area (Å²) in [6, 6.07) is 18.1. The van der Waals surface area contributed by atoms with E-state index in [4.69, 9.17) is 9.47 Å². The topological polar surface area (TPSA) is 30.9 Å². The van der Waals surface area contributed by atoms with Gasteiger partial charge in [-0.15, -0.1) is 0 Å². The highest BCUT2D eigenvalue weighted by Crippen LogP contribution is 2.42. The summed E-state index contributed by atoms with van der Waals surface area (Å²) in [5.74, 6) is 1.08. The maximum absolute atomic E-state index is 15.4. The highest BCUT2D eigenvalue weighted by molar-refractivity contribution is 6.00. The molecule has 206 valence electrons. The monoisotopic (exact) mass is 537 g/mol. The number of rotatable bonds is 10. The van der Waals surface area contributed by atoms with Crippen LogP contribution in [-0.4, -0.2) is 43.9 Å². The lowest BCUT2D eigenvalue weighted by Crippen LogP contribution is -2.26. The Bertz CT molecular complexity index is 1310. The first kappa shape index (κ1) is 27.1. The lowest BCUT2D eigenvalue weighted by atomic mass is 9.87. The van der Waals surface area contributed by atoms with E-state index < -0.39 is 0 Å². The first-order valence-corrected chi connectivity index (χ1v) is 13.7. The molecule has 0 saturated carbocycles. The Hall–Kier alpha value is -3.45. The summed E-state index contributed by atoms with van der Waals surface area (Å²) < 4.78 is 52.7.